The second-order valence-electron chi connectivity index (χ2n) is 6.90. The first-order chi connectivity index (χ1) is 14.3. The Balaban J connectivity index is 1.87. The van der Waals surface area contributed by atoms with E-state index in [0.29, 0.717) is 11.3 Å². The van der Waals surface area contributed by atoms with Gasteiger partial charge in [0.25, 0.3) is 11.6 Å². The first kappa shape index (κ1) is 20.6. The molecule has 0 fully saturated rings. The molecule has 1 heterocycles. The quantitative estimate of drug-likeness (QED) is 0.269. The molecule has 0 saturated heterocycles. The smallest absolute Gasteiger partial charge is 0.280 e. The van der Waals surface area contributed by atoms with E-state index in [2.05, 4.69) is 5.32 Å². The number of rotatable bonds is 5. The van der Waals surface area contributed by atoms with Gasteiger partial charge in [-0.2, -0.15) is 5.26 Å². The highest BCUT2D eigenvalue weighted by atomic mass is 16.6. The molecule has 30 heavy (non-hydrogen) atoms. The van der Waals surface area contributed by atoms with Crippen LogP contribution in [0, 0.1) is 42.2 Å². The van der Waals surface area contributed by atoms with Gasteiger partial charge >= 0.3 is 0 Å². The Hall–Kier alpha value is -4.18. The van der Waals surface area contributed by atoms with Crippen molar-refractivity contribution >= 4 is 23.4 Å². The number of furan rings is 1. The first-order valence-corrected chi connectivity index (χ1v) is 9.14. The number of aryl methyl sites for hydroxylation is 3. The summed E-state index contributed by atoms with van der Waals surface area (Å²) in [4.78, 5) is 23.3. The van der Waals surface area contributed by atoms with E-state index >= 15 is 0 Å². The van der Waals surface area contributed by atoms with Gasteiger partial charge in [-0.15, -0.1) is 0 Å². The Morgan fingerprint density at radius 2 is 1.87 bits per heavy atom. The van der Waals surface area contributed by atoms with Crippen molar-refractivity contribution in [2.24, 2.45) is 0 Å². The zero-order valence-electron chi connectivity index (χ0n) is 16.7. The number of nitro benzene ring substituents is 1. The Morgan fingerprint density at radius 1 is 1.10 bits per heavy atom. The van der Waals surface area contributed by atoms with Crippen LogP contribution >= 0.6 is 0 Å². The summed E-state index contributed by atoms with van der Waals surface area (Å²) in [5, 5.41) is 23.4. The van der Waals surface area contributed by atoms with E-state index in [0.717, 1.165) is 16.7 Å². The van der Waals surface area contributed by atoms with Crippen LogP contribution in [0.2, 0.25) is 0 Å². The van der Waals surface area contributed by atoms with E-state index in [9.17, 15) is 20.2 Å². The molecule has 0 radical (unpaired) electrons. The number of hydrogen-bond acceptors (Lipinski definition) is 5. The third-order valence-electron chi connectivity index (χ3n) is 4.66. The number of nitrogens with one attached hydrogen (secondary N) is 1. The largest absolute Gasteiger partial charge is 0.456 e. The van der Waals surface area contributed by atoms with E-state index in [-0.39, 0.29) is 22.8 Å². The molecule has 0 atom stereocenters. The molecule has 2 aromatic carbocycles. The zero-order valence-corrected chi connectivity index (χ0v) is 16.7. The zero-order chi connectivity index (χ0) is 21.8. The molecule has 150 valence electrons. The van der Waals surface area contributed by atoms with E-state index in [1.807, 2.05) is 32.0 Å². The van der Waals surface area contributed by atoms with Gasteiger partial charge in [-0.05, 0) is 67.8 Å². The van der Waals surface area contributed by atoms with Gasteiger partial charge in [-0.1, -0.05) is 12.1 Å². The van der Waals surface area contributed by atoms with Crippen molar-refractivity contribution in [2.45, 2.75) is 20.8 Å². The van der Waals surface area contributed by atoms with Crippen LogP contribution in [0.3, 0.4) is 0 Å². The number of anilines is 1. The minimum absolute atomic E-state index is 0.0760. The van der Waals surface area contributed by atoms with Gasteiger partial charge < -0.3 is 9.73 Å². The number of nitrogens with zero attached hydrogens (tertiary/aromatic N) is 2. The van der Waals surface area contributed by atoms with Gasteiger partial charge in [0, 0.05) is 17.8 Å². The molecule has 3 rings (SSSR count). The van der Waals surface area contributed by atoms with Crippen molar-refractivity contribution < 1.29 is 14.1 Å². The standard InChI is InChI=1S/C23H19N3O4/c1-14-4-8-20(21(10-14)26(28)29)22-9-7-19(30-22)12-17(13-24)23(27)25-18-6-5-15(2)16(3)11-18/h4-12H,1-3H3,(H,25,27)/b17-12+. The highest BCUT2D eigenvalue weighted by Gasteiger charge is 2.18. The van der Waals surface area contributed by atoms with E-state index < -0.39 is 10.8 Å². The molecule has 0 saturated carbocycles. The minimum atomic E-state index is -0.569. The average Bonchev–Trinajstić information content (AvgIpc) is 3.17. The fourth-order valence-electron chi connectivity index (χ4n) is 2.88. The molecule has 1 amide bonds. The van der Waals surface area contributed by atoms with Crippen LogP contribution in [0.5, 0.6) is 0 Å². The van der Waals surface area contributed by atoms with Crippen LogP contribution in [0.1, 0.15) is 22.5 Å². The summed E-state index contributed by atoms with van der Waals surface area (Å²) in [5.41, 5.74) is 3.55. The van der Waals surface area contributed by atoms with Crippen molar-refractivity contribution in [3.05, 3.63) is 86.7 Å². The minimum Gasteiger partial charge on any atom is -0.456 e. The maximum atomic E-state index is 12.5. The van der Waals surface area contributed by atoms with Crippen LogP contribution in [0.4, 0.5) is 11.4 Å². The summed E-state index contributed by atoms with van der Waals surface area (Å²) in [6.45, 7) is 5.66. The topological polar surface area (TPSA) is 109 Å². The van der Waals surface area contributed by atoms with Crippen LogP contribution in [-0.4, -0.2) is 10.8 Å². The van der Waals surface area contributed by atoms with Crippen molar-refractivity contribution in [3.8, 4) is 17.4 Å². The maximum absolute atomic E-state index is 12.5. The maximum Gasteiger partial charge on any atom is 0.280 e. The summed E-state index contributed by atoms with van der Waals surface area (Å²) in [6, 6.07) is 15.3. The molecule has 0 aliphatic rings. The highest BCUT2D eigenvalue weighted by molar-refractivity contribution is 6.09. The lowest BCUT2D eigenvalue weighted by Crippen LogP contribution is -2.13. The molecular formula is C23H19N3O4. The summed E-state index contributed by atoms with van der Waals surface area (Å²) in [5.74, 6) is -0.0495. The van der Waals surface area contributed by atoms with Gasteiger partial charge in [0.15, 0.2) is 0 Å². The van der Waals surface area contributed by atoms with Crippen LogP contribution in [0.25, 0.3) is 17.4 Å². The Kier molecular flexibility index (Phi) is 5.79. The SMILES string of the molecule is Cc1ccc(-c2ccc(/C=C(\C#N)C(=O)Nc3ccc(C)c(C)c3)o2)c([N+](=O)[O-])c1. The van der Waals surface area contributed by atoms with Gasteiger partial charge in [0.05, 0.1) is 10.5 Å². The number of nitro groups is 1. The monoisotopic (exact) mass is 401 g/mol. The molecule has 1 aromatic heterocycles. The second kappa shape index (κ2) is 8.45. The fourth-order valence-corrected chi connectivity index (χ4v) is 2.88. The Morgan fingerprint density at radius 3 is 2.53 bits per heavy atom. The molecule has 0 bridgehead atoms. The number of benzene rings is 2. The molecule has 7 heteroatoms. The molecule has 3 aromatic rings. The third-order valence-corrected chi connectivity index (χ3v) is 4.66. The molecular weight excluding hydrogens is 382 g/mol. The number of carbonyl (C=O) groups excluding carboxylic acids is 1. The number of nitriles is 1. The average molecular weight is 401 g/mol. The van der Waals surface area contributed by atoms with Crippen molar-refractivity contribution in [2.75, 3.05) is 5.32 Å². The molecule has 0 aliphatic heterocycles. The van der Waals surface area contributed by atoms with Gasteiger partial charge in [0.2, 0.25) is 0 Å². The van der Waals surface area contributed by atoms with Crippen molar-refractivity contribution in [1.82, 2.24) is 0 Å². The lowest BCUT2D eigenvalue weighted by Gasteiger charge is -2.06. The van der Waals surface area contributed by atoms with Crippen LogP contribution in [-0.2, 0) is 4.79 Å². The predicted molar refractivity (Wildman–Crippen MR) is 114 cm³/mol. The normalized spacial score (nSPS) is 11.1. The molecule has 0 unspecified atom stereocenters. The molecule has 7 nitrogen and oxygen atoms in total. The number of hydrogen-bond donors (Lipinski definition) is 1. The Bertz CT molecular complexity index is 1220. The summed E-state index contributed by atoms with van der Waals surface area (Å²) < 4.78 is 5.66. The summed E-state index contributed by atoms with van der Waals surface area (Å²) in [6.07, 6.45) is 1.31. The van der Waals surface area contributed by atoms with Crippen LogP contribution in [0.15, 0.2) is 58.5 Å². The highest BCUT2D eigenvalue weighted by Crippen LogP contribution is 2.32. The number of amides is 1. The van der Waals surface area contributed by atoms with Gasteiger partial charge in [0.1, 0.15) is 23.2 Å². The fraction of sp³-hybridized carbons (Fsp3) is 0.130. The summed E-state index contributed by atoms with van der Waals surface area (Å²) >= 11 is 0. The second-order valence-corrected chi connectivity index (χ2v) is 6.90. The van der Waals surface area contributed by atoms with Gasteiger partial charge in [-0.25, -0.2) is 0 Å². The van der Waals surface area contributed by atoms with E-state index in [4.69, 9.17) is 4.42 Å². The molecule has 0 spiro atoms. The Labute approximate surface area is 173 Å². The lowest BCUT2D eigenvalue weighted by molar-refractivity contribution is -0.384. The van der Waals surface area contributed by atoms with Crippen molar-refractivity contribution in [3.63, 3.8) is 0 Å². The third kappa shape index (κ3) is 4.45. The molecule has 0 aliphatic carbocycles. The van der Waals surface area contributed by atoms with Gasteiger partial charge in [-0.3, -0.25) is 14.9 Å². The first-order valence-electron chi connectivity index (χ1n) is 9.14. The summed E-state index contributed by atoms with van der Waals surface area (Å²) in [7, 11) is 0. The van der Waals surface area contributed by atoms with Crippen molar-refractivity contribution in [1.29, 1.82) is 5.26 Å². The van der Waals surface area contributed by atoms with Crippen LogP contribution < -0.4 is 5.32 Å². The number of carbonyl (C=O) groups is 1. The predicted octanol–water partition coefficient (Wildman–Crippen LogP) is 5.33. The molecule has 1 N–H and O–H groups in total. The van der Waals surface area contributed by atoms with E-state index in [1.54, 1.807) is 37.3 Å². The lowest BCUT2D eigenvalue weighted by atomic mass is 10.1. The van der Waals surface area contributed by atoms with E-state index in [1.165, 1.54) is 12.1 Å².